The van der Waals surface area contributed by atoms with Crippen LogP contribution in [0.5, 0.6) is 5.75 Å². The average Bonchev–Trinajstić information content (AvgIpc) is 2.68. The van der Waals surface area contributed by atoms with Gasteiger partial charge in [0.2, 0.25) is 0 Å². The van der Waals surface area contributed by atoms with Gasteiger partial charge in [0.1, 0.15) is 11.5 Å². The van der Waals surface area contributed by atoms with Crippen LogP contribution in [0.25, 0.3) is 0 Å². The molecular formula is C21H19NO3. The molecule has 0 aromatic heterocycles. The van der Waals surface area contributed by atoms with Gasteiger partial charge in [0, 0.05) is 5.57 Å². The summed E-state index contributed by atoms with van der Waals surface area (Å²) < 4.78 is 10.5. The number of hydrogen-bond acceptors (Lipinski definition) is 4. The Labute approximate surface area is 147 Å². The lowest BCUT2D eigenvalue weighted by molar-refractivity contribution is 0.0634. The fraction of sp³-hybridized carbons (Fsp3) is 0.238. The molecule has 3 rings (SSSR count). The van der Waals surface area contributed by atoms with E-state index in [-0.39, 0.29) is 5.97 Å². The summed E-state index contributed by atoms with van der Waals surface area (Å²) in [7, 11) is 1.58. The van der Waals surface area contributed by atoms with Crippen molar-refractivity contribution >= 4 is 5.97 Å². The molecule has 2 atom stereocenters. The average molecular weight is 333 g/mol. The first kappa shape index (κ1) is 16.8. The smallest absolute Gasteiger partial charge is 0.343 e. The fourth-order valence-electron chi connectivity index (χ4n) is 2.94. The highest BCUT2D eigenvalue weighted by molar-refractivity contribution is 5.90. The fourth-order valence-corrected chi connectivity index (χ4v) is 2.94. The second kappa shape index (κ2) is 7.67. The van der Waals surface area contributed by atoms with E-state index in [4.69, 9.17) is 14.7 Å². The van der Waals surface area contributed by atoms with Gasteiger partial charge in [-0.1, -0.05) is 18.2 Å². The predicted octanol–water partition coefficient (Wildman–Crippen LogP) is 4.34. The van der Waals surface area contributed by atoms with Crippen LogP contribution in [0, 0.1) is 23.2 Å². The minimum Gasteiger partial charge on any atom is -0.497 e. The molecule has 0 N–H and O–H groups in total. The number of esters is 1. The molecule has 0 aliphatic heterocycles. The first-order valence-electron chi connectivity index (χ1n) is 8.22. The van der Waals surface area contributed by atoms with E-state index in [1.807, 2.05) is 24.3 Å². The van der Waals surface area contributed by atoms with Crippen molar-refractivity contribution in [2.75, 3.05) is 7.11 Å². The summed E-state index contributed by atoms with van der Waals surface area (Å²) in [4.78, 5) is 12.2. The van der Waals surface area contributed by atoms with Gasteiger partial charge in [0.15, 0.2) is 0 Å². The van der Waals surface area contributed by atoms with Crippen molar-refractivity contribution in [2.45, 2.75) is 12.8 Å². The van der Waals surface area contributed by atoms with Crippen molar-refractivity contribution in [1.29, 1.82) is 5.26 Å². The molecule has 0 saturated heterocycles. The minimum absolute atomic E-state index is 0.358. The van der Waals surface area contributed by atoms with Gasteiger partial charge < -0.3 is 9.47 Å². The molecule has 1 aromatic carbocycles. The zero-order chi connectivity index (χ0) is 17.6. The maximum atomic E-state index is 12.2. The van der Waals surface area contributed by atoms with Crippen molar-refractivity contribution in [3.8, 4) is 11.8 Å². The molecular weight excluding hydrogens is 314 g/mol. The summed E-state index contributed by atoms with van der Waals surface area (Å²) in [5.74, 6) is 1.63. The molecule has 2 unspecified atom stereocenters. The molecule has 2 aliphatic carbocycles. The number of nitriles is 1. The minimum atomic E-state index is -0.379. The summed E-state index contributed by atoms with van der Waals surface area (Å²) in [6, 6.07) is 8.99. The Morgan fingerprint density at radius 3 is 2.28 bits per heavy atom. The Kier molecular flexibility index (Phi) is 5.15. The van der Waals surface area contributed by atoms with E-state index < -0.39 is 0 Å². The summed E-state index contributed by atoms with van der Waals surface area (Å²) in [5.41, 5.74) is 1.21. The van der Waals surface area contributed by atoms with Crippen LogP contribution in [-0.4, -0.2) is 13.1 Å². The van der Waals surface area contributed by atoms with Gasteiger partial charge >= 0.3 is 5.97 Å². The maximum Gasteiger partial charge on any atom is 0.343 e. The van der Waals surface area contributed by atoms with E-state index in [1.54, 1.807) is 31.4 Å². The second-order valence-electron chi connectivity index (χ2n) is 6.01. The number of nitrogens with zero attached hydrogens (tertiary/aromatic N) is 1. The van der Waals surface area contributed by atoms with Crippen molar-refractivity contribution in [3.05, 3.63) is 77.6 Å². The predicted molar refractivity (Wildman–Crippen MR) is 94.7 cm³/mol. The van der Waals surface area contributed by atoms with Crippen LogP contribution in [0.15, 0.2) is 72.1 Å². The number of rotatable bonds is 4. The van der Waals surface area contributed by atoms with E-state index in [2.05, 4.69) is 18.2 Å². The maximum absolute atomic E-state index is 12.2. The Morgan fingerprint density at radius 2 is 1.76 bits per heavy atom. The van der Waals surface area contributed by atoms with Gasteiger partial charge in [-0.2, -0.15) is 5.26 Å². The third-order valence-corrected chi connectivity index (χ3v) is 4.45. The first-order valence-corrected chi connectivity index (χ1v) is 8.22. The zero-order valence-electron chi connectivity index (χ0n) is 14.0. The number of hydrogen-bond donors (Lipinski definition) is 0. The number of methoxy groups -OCH3 is 1. The molecule has 0 fully saturated rings. The van der Waals surface area contributed by atoms with Crippen LogP contribution < -0.4 is 4.74 Å². The van der Waals surface area contributed by atoms with E-state index in [9.17, 15) is 4.79 Å². The van der Waals surface area contributed by atoms with Gasteiger partial charge in [-0.3, -0.25) is 0 Å². The molecule has 4 heteroatoms. The SMILES string of the molecule is COc1ccc(C(=O)OC2=CCC(C3C=CC(C#N)=CC3)C=C2)cc1. The Bertz CT molecular complexity index is 807. The Hall–Kier alpha value is -3.06. The van der Waals surface area contributed by atoms with Crippen LogP contribution in [-0.2, 0) is 4.74 Å². The quantitative estimate of drug-likeness (QED) is 0.769. The number of benzene rings is 1. The van der Waals surface area contributed by atoms with Crippen molar-refractivity contribution < 1.29 is 14.3 Å². The summed E-state index contributed by atoms with van der Waals surface area (Å²) in [6.45, 7) is 0. The Morgan fingerprint density at radius 1 is 1.08 bits per heavy atom. The van der Waals surface area contributed by atoms with Crippen LogP contribution in [0.2, 0.25) is 0 Å². The molecule has 1 aromatic rings. The van der Waals surface area contributed by atoms with Crippen LogP contribution in [0.3, 0.4) is 0 Å². The Balaban J connectivity index is 1.56. The van der Waals surface area contributed by atoms with E-state index in [1.165, 1.54) is 0 Å². The number of ether oxygens (including phenoxy) is 2. The summed E-state index contributed by atoms with van der Waals surface area (Å²) in [6.07, 6.45) is 13.5. The number of allylic oxidation sites excluding steroid dienone is 7. The van der Waals surface area contributed by atoms with Crippen molar-refractivity contribution in [3.63, 3.8) is 0 Å². The lowest BCUT2D eigenvalue weighted by Crippen LogP contribution is -2.14. The third-order valence-electron chi connectivity index (χ3n) is 4.45. The largest absolute Gasteiger partial charge is 0.497 e. The van der Waals surface area contributed by atoms with Crippen molar-refractivity contribution in [2.24, 2.45) is 11.8 Å². The van der Waals surface area contributed by atoms with Gasteiger partial charge in [0.05, 0.1) is 18.7 Å². The lowest BCUT2D eigenvalue weighted by Gasteiger charge is -2.24. The van der Waals surface area contributed by atoms with Gasteiger partial charge in [-0.25, -0.2) is 4.79 Å². The summed E-state index contributed by atoms with van der Waals surface area (Å²) in [5, 5.41) is 8.88. The molecule has 25 heavy (non-hydrogen) atoms. The molecule has 0 saturated carbocycles. The van der Waals surface area contributed by atoms with Gasteiger partial charge in [0.25, 0.3) is 0 Å². The molecule has 4 nitrogen and oxygen atoms in total. The first-order chi connectivity index (χ1) is 12.2. The van der Waals surface area contributed by atoms with E-state index in [0.29, 0.717) is 28.9 Å². The van der Waals surface area contributed by atoms with E-state index >= 15 is 0 Å². The second-order valence-corrected chi connectivity index (χ2v) is 6.01. The van der Waals surface area contributed by atoms with Gasteiger partial charge in [-0.15, -0.1) is 0 Å². The summed E-state index contributed by atoms with van der Waals surface area (Å²) >= 11 is 0. The topological polar surface area (TPSA) is 59.3 Å². The van der Waals surface area contributed by atoms with Crippen LogP contribution in [0.4, 0.5) is 0 Å². The van der Waals surface area contributed by atoms with Crippen molar-refractivity contribution in [1.82, 2.24) is 0 Å². The highest BCUT2D eigenvalue weighted by Crippen LogP contribution is 2.31. The number of carbonyl (C=O) groups is 1. The third kappa shape index (κ3) is 4.07. The lowest BCUT2D eigenvalue weighted by atomic mass is 9.82. The molecule has 0 radical (unpaired) electrons. The van der Waals surface area contributed by atoms with Gasteiger partial charge in [-0.05, 0) is 67.2 Å². The monoisotopic (exact) mass is 333 g/mol. The molecule has 0 heterocycles. The van der Waals surface area contributed by atoms with E-state index in [0.717, 1.165) is 18.4 Å². The van der Waals surface area contributed by atoms with Crippen LogP contribution >= 0.6 is 0 Å². The van der Waals surface area contributed by atoms with Crippen LogP contribution in [0.1, 0.15) is 23.2 Å². The molecule has 0 bridgehead atoms. The molecule has 126 valence electrons. The molecule has 2 aliphatic rings. The highest BCUT2D eigenvalue weighted by Gasteiger charge is 2.21. The molecule has 0 amide bonds. The number of carbonyl (C=O) groups excluding carboxylic acids is 1. The standard InChI is InChI=1S/C21H19NO3/c1-24-19-10-8-18(9-11-19)21(23)25-20-12-6-17(7-13-20)16-4-2-15(14-22)3-5-16/h2-4,6,8-13,16-17H,5,7H2,1H3. The normalized spacial score (nSPS) is 21.8. The molecule has 0 spiro atoms. The zero-order valence-corrected chi connectivity index (χ0v) is 14.0. The highest BCUT2D eigenvalue weighted by atomic mass is 16.5.